The van der Waals surface area contributed by atoms with E-state index in [0.29, 0.717) is 5.92 Å². The van der Waals surface area contributed by atoms with E-state index in [1.165, 1.54) is 5.56 Å². The highest BCUT2D eigenvalue weighted by Gasteiger charge is 2.41. The Kier molecular flexibility index (Phi) is 5.50. The van der Waals surface area contributed by atoms with Crippen molar-refractivity contribution in [3.05, 3.63) is 52.2 Å². The first-order chi connectivity index (χ1) is 13.2. The molecular formula is C22H27NO3S. The Balaban J connectivity index is 1.34. The first-order valence-electron chi connectivity index (χ1n) is 9.76. The Bertz CT molecular complexity index is 748. The highest BCUT2D eigenvalue weighted by atomic mass is 32.1. The molecular weight excluding hydrogens is 358 g/mol. The number of benzene rings is 1. The molecule has 4 rings (SSSR count). The van der Waals surface area contributed by atoms with Crippen molar-refractivity contribution in [2.75, 3.05) is 26.8 Å². The molecule has 27 heavy (non-hydrogen) atoms. The summed E-state index contributed by atoms with van der Waals surface area (Å²) >= 11 is 1.58. The van der Waals surface area contributed by atoms with Crippen molar-refractivity contribution in [3.63, 3.8) is 0 Å². The number of carbonyl (C=O) groups excluding carboxylic acids is 1. The Hall–Kier alpha value is -1.85. The van der Waals surface area contributed by atoms with Crippen LogP contribution in [-0.2, 0) is 11.2 Å². The van der Waals surface area contributed by atoms with Gasteiger partial charge in [0.2, 0.25) is 0 Å². The number of methoxy groups -OCH3 is 1. The van der Waals surface area contributed by atoms with E-state index in [0.717, 1.165) is 63.1 Å². The van der Waals surface area contributed by atoms with Crippen LogP contribution in [0.3, 0.4) is 0 Å². The predicted molar refractivity (Wildman–Crippen MR) is 108 cm³/mol. The fourth-order valence-corrected chi connectivity index (χ4v) is 5.06. The fraction of sp³-hybridized carbons (Fsp3) is 0.500. The Morgan fingerprint density at radius 2 is 2.04 bits per heavy atom. The second kappa shape index (κ2) is 8.03. The fourth-order valence-electron chi connectivity index (χ4n) is 4.43. The van der Waals surface area contributed by atoms with E-state index in [4.69, 9.17) is 9.47 Å². The number of hydrogen-bond donors (Lipinski definition) is 0. The lowest BCUT2D eigenvalue weighted by molar-refractivity contribution is -0.123. The zero-order valence-electron chi connectivity index (χ0n) is 15.9. The van der Waals surface area contributed by atoms with Gasteiger partial charge in [-0.05, 0) is 67.2 Å². The number of ether oxygens (including phenoxy) is 2. The number of nitrogens with zero attached hydrogens (tertiary/aromatic N) is 1. The number of likely N-dealkylation sites (tertiary alicyclic amines) is 1. The molecule has 0 aliphatic carbocycles. The summed E-state index contributed by atoms with van der Waals surface area (Å²) in [4.78, 5) is 14.6. The third-order valence-electron chi connectivity index (χ3n) is 6.01. The van der Waals surface area contributed by atoms with E-state index in [1.807, 2.05) is 33.9 Å². The molecule has 2 aromatic rings. The standard InChI is InChI=1S/C22H27NO3S/c1-25-20-4-2-17(3-5-20)14-18-6-12-26-22(15-18)8-10-23(11-9-22)21(24)19-7-13-27-16-19/h2-5,7,13,16,18H,6,8-12,14-15H2,1H3. The molecule has 1 spiro atoms. The molecule has 2 saturated heterocycles. The highest BCUT2D eigenvalue weighted by Crippen LogP contribution is 2.39. The van der Waals surface area contributed by atoms with Crippen LogP contribution >= 0.6 is 11.3 Å². The summed E-state index contributed by atoms with van der Waals surface area (Å²) in [5.74, 6) is 1.72. The normalized spacial score (nSPS) is 22.0. The maximum absolute atomic E-state index is 12.6. The van der Waals surface area contributed by atoms with Gasteiger partial charge in [0.15, 0.2) is 0 Å². The zero-order chi connectivity index (χ0) is 18.7. The number of hydrogen-bond acceptors (Lipinski definition) is 4. The monoisotopic (exact) mass is 385 g/mol. The van der Waals surface area contributed by atoms with Gasteiger partial charge in [-0.1, -0.05) is 12.1 Å². The minimum absolute atomic E-state index is 0.0409. The molecule has 1 aromatic carbocycles. The van der Waals surface area contributed by atoms with Gasteiger partial charge in [-0.15, -0.1) is 0 Å². The summed E-state index contributed by atoms with van der Waals surface area (Å²) in [5, 5.41) is 3.90. The summed E-state index contributed by atoms with van der Waals surface area (Å²) in [6.45, 7) is 2.42. The van der Waals surface area contributed by atoms with Crippen LogP contribution in [0.25, 0.3) is 0 Å². The maximum atomic E-state index is 12.6. The number of amides is 1. The van der Waals surface area contributed by atoms with Crippen LogP contribution in [0.4, 0.5) is 0 Å². The van der Waals surface area contributed by atoms with Crippen LogP contribution in [-0.4, -0.2) is 43.2 Å². The van der Waals surface area contributed by atoms with Crippen molar-refractivity contribution in [1.82, 2.24) is 4.90 Å². The largest absolute Gasteiger partial charge is 0.497 e. The summed E-state index contributed by atoms with van der Waals surface area (Å²) < 4.78 is 11.5. The molecule has 3 heterocycles. The molecule has 0 saturated carbocycles. The topological polar surface area (TPSA) is 38.8 Å². The van der Waals surface area contributed by atoms with E-state index in [2.05, 4.69) is 12.1 Å². The van der Waals surface area contributed by atoms with E-state index in [1.54, 1.807) is 18.4 Å². The van der Waals surface area contributed by atoms with Gasteiger partial charge in [-0.3, -0.25) is 4.79 Å². The van der Waals surface area contributed by atoms with Gasteiger partial charge in [-0.2, -0.15) is 11.3 Å². The molecule has 1 unspecified atom stereocenters. The Labute approximate surface area is 165 Å². The molecule has 0 bridgehead atoms. The van der Waals surface area contributed by atoms with Gasteiger partial charge in [0.1, 0.15) is 5.75 Å². The van der Waals surface area contributed by atoms with E-state index in [-0.39, 0.29) is 11.5 Å². The molecule has 1 atom stereocenters. The zero-order valence-corrected chi connectivity index (χ0v) is 16.7. The van der Waals surface area contributed by atoms with Gasteiger partial charge >= 0.3 is 0 Å². The molecule has 1 aromatic heterocycles. The van der Waals surface area contributed by atoms with Crippen molar-refractivity contribution in [2.24, 2.45) is 5.92 Å². The van der Waals surface area contributed by atoms with Crippen molar-refractivity contribution < 1.29 is 14.3 Å². The maximum Gasteiger partial charge on any atom is 0.254 e. The van der Waals surface area contributed by atoms with Crippen molar-refractivity contribution >= 4 is 17.2 Å². The van der Waals surface area contributed by atoms with Gasteiger partial charge in [0, 0.05) is 25.1 Å². The smallest absolute Gasteiger partial charge is 0.254 e. The Morgan fingerprint density at radius 1 is 1.26 bits per heavy atom. The quantitative estimate of drug-likeness (QED) is 0.783. The van der Waals surface area contributed by atoms with Crippen LogP contribution in [0, 0.1) is 5.92 Å². The second-order valence-corrected chi connectivity index (χ2v) is 8.53. The minimum atomic E-state index is -0.0409. The molecule has 0 N–H and O–H groups in total. The molecule has 0 radical (unpaired) electrons. The van der Waals surface area contributed by atoms with Gasteiger partial charge < -0.3 is 14.4 Å². The molecule has 1 amide bonds. The lowest BCUT2D eigenvalue weighted by atomic mass is 9.77. The van der Waals surface area contributed by atoms with Crippen molar-refractivity contribution in [2.45, 2.75) is 37.7 Å². The molecule has 144 valence electrons. The third-order valence-corrected chi connectivity index (χ3v) is 6.69. The number of thiophene rings is 1. The van der Waals surface area contributed by atoms with E-state index >= 15 is 0 Å². The predicted octanol–water partition coefficient (Wildman–Crippen LogP) is 4.40. The summed E-state index contributed by atoms with van der Waals surface area (Å²) in [6.07, 6.45) is 5.20. The number of carbonyl (C=O) groups is 1. The van der Waals surface area contributed by atoms with Crippen LogP contribution in [0.1, 0.15) is 41.6 Å². The first kappa shape index (κ1) is 18.5. The lowest BCUT2D eigenvalue weighted by Crippen LogP contribution is -2.51. The Morgan fingerprint density at radius 3 is 2.70 bits per heavy atom. The van der Waals surface area contributed by atoms with Crippen molar-refractivity contribution in [3.8, 4) is 5.75 Å². The van der Waals surface area contributed by atoms with Crippen LogP contribution < -0.4 is 4.74 Å². The van der Waals surface area contributed by atoms with Crippen molar-refractivity contribution in [1.29, 1.82) is 0 Å². The first-order valence-corrected chi connectivity index (χ1v) is 10.7. The lowest BCUT2D eigenvalue weighted by Gasteiger charge is -2.46. The molecule has 5 heteroatoms. The SMILES string of the molecule is COc1ccc(CC2CCOC3(CCN(C(=O)c4ccsc4)CC3)C2)cc1. The number of rotatable bonds is 4. The molecule has 2 aliphatic rings. The minimum Gasteiger partial charge on any atom is -0.497 e. The van der Waals surface area contributed by atoms with Crippen LogP contribution in [0.15, 0.2) is 41.1 Å². The molecule has 2 fully saturated rings. The average molecular weight is 386 g/mol. The van der Waals surface area contributed by atoms with E-state index < -0.39 is 0 Å². The second-order valence-electron chi connectivity index (χ2n) is 7.75. The molecule has 4 nitrogen and oxygen atoms in total. The van der Waals surface area contributed by atoms with Gasteiger partial charge in [0.25, 0.3) is 5.91 Å². The van der Waals surface area contributed by atoms with Gasteiger partial charge in [0.05, 0.1) is 18.3 Å². The van der Waals surface area contributed by atoms with Gasteiger partial charge in [-0.25, -0.2) is 0 Å². The van der Waals surface area contributed by atoms with Crippen LogP contribution in [0.5, 0.6) is 5.75 Å². The highest BCUT2D eigenvalue weighted by molar-refractivity contribution is 7.08. The number of piperidine rings is 1. The molecule has 2 aliphatic heterocycles. The average Bonchev–Trinajstić information content (AvgIpc) is 3.24. The summed E-state index contributed by atoms with van der Waals surface area (Å²) in [5.41, 5.74) is 2.14. The summed E-state index contributed by atoms with van der Waals surface area (Å²) in [7, 11) is 1.70. The summed E-state index contributed by atoms with van der Waals surface area (Å²) in [6, 6.07) is 10.3. The van der Waals surface area contributed by atoms with E-state index in [9.17, 15) is 4.79 Å². The third kappa shape index (κ3) is 4.19. The van der Waals surface area contributed by atoms with Crippen LogP contribution in [0.2, 0.25) is 0 Å².